The molecular weight excluding hydrogens is 156 g/mol. The molecule has 1 aliphatic heterocycles. The maximum atomic E-state index is 11.2. The van der Waals surface area contributed by atoms with Crippen LogP contribution in [0.1, 0.15) is 15.9 Å². The zero-order chi connectivity index (χ0) is 8.72. The largest absolute Gasteiger partial charge is 0.303 e. The number of Topliss-reactive ketones (excluding diaryl/α,β-unsaturated/α-hetero) is 1. The number of ketones is 1. The number of fused-ring (bicyclic) bond motifs is 1. The number of hydrogen-bond donors (Lipinski definition) is 1. The highest BCUT2D eigenvalue weighted by atomic mass is 16.2. The van der Waals surface area contributed by atoms with Gasteiger partial charge in [0.1, 0.15) is 5.82 Å². The topological polar surface area (TPSA) is 59.1 Å². The van der Waals surface area contributed by atoms with Gasteiger partial charge >= 0.3 is 0 Å². The van der Waals surface area contributed by atoms with E-state index in [1.54, 1.807) is 19.2 Å². The number of aryl methyl sites for hydroxylation is 1. The Bertz CT molecular complexity index is 385. The van der Waals surface area contributed by atoms with Gasteiger partial charge in [-0.25, -0.2) is 4.98 Å². The summed E-state index contributed by atoms with van der Waals surface area (Å²) in [6, 6.07) is 1.71. The highest BCUT2D eigenvalue weighted by molar-refractivity contribution is 6.51. The second-order valence-corrected chi connectivity index (χ2v) is 2.63. The number of aromatic nitrogens is 1. The van der Waals surface area contributed by atoms with E-state index in [4.69, 9.17) is 0 Å². The number of nitrogens with zero attached hydrogens (tertiary/aromatic N) is 1. The SMILES string of the molecule is Cc1ccnc2c1C(=O)C(=O)N2. The molecule has 1 amide bonds. The van der Waals surface area contributed by atoms with E-state index in [9.17, 15) is 9.59 Å². The molecule has 2 rings (SSSR count). The van der Waals surface area contributed by atoms with Crippen LogP contribution in [0.3, 0.4) is 0 Å². The Kier molecular flexibility index (Phi) is 1.24. The molecule has 2 heterocycles. The molecule has 0 saturated heterocycles. The lowest BCUT2D eigenvalue weighted by Crippen LogP contribution is -2.12. The number of anilines is 1. The molecule has 0 bridgehead atoms. The summed E-state index contributed by atoms with van der Waals surface area (Å²) in [5.74, 6) is -0.701. The van der Waals surface area contributed by atoms with E-state index in [-0.39, 0.29) is 0 Å². The van der Waals surface area contributed by atoms with Crippen LogP contribution in [0.4, 0.5) is 5.82 Å². The van der Waals surface area contributed by atoms with Crippen molar-refractivity contribution < 1.29 is 9.59 Å². The van der Waals surface area contributed by atoms with E-state index in [0.717, 1.165) is 5.56 Å². The normalized spacial score (nSPS) is 14.4. The summed E-state index contributed by atoms with van der Waals surface area (Å²) in [6.07, 6.45) is 1.56. The van der Waals surface area contributed by atoms with Gasteiger partial charge in [-0.15, -0.1) is 0 Å². The van der Waals surface area contributed by atoms with Gasteiger partial charge in [0.25, 0.3) is 11.7 Å². The van der Waals surface area contributed by atoms with E-state index in [1.165, 1.54) is 0 Å². The lowest BCUT2D eigenvalue weighted by atomic mass is 10.1. The van der Waals surface area contributed by atoms with Crippen molar-refractivity contribution in [3.63, 3.8) is 0 Å². The third-order valence-corrected chi connectivity index (χ3v) is 1.82. The van der Waals surface area contributed by atoms with E-state index < -0.39 is 11.7 Å². The van der Waals surface area contributed by atoms with Crippen molar-refractivity contribution in [2.24, 2.45) is 0 Å². The summed E-state index contributed by atoms with van der Waals surface area (Å²) in [7, 11) is 0. The molecule has 12 heavy (non-hydrogen) atoms. The van der Waals surface area contributed by atoms with Crippen molar-refractivity contribution in [2.45, 2.75) is 6.92 Å². The van der Waals surface area contributed by atoms with E-state index >= 15 is 0 Å². The smallest absolute Gasteiger partial charge is 0.298 e. The first kappa shape index (κ1) is 6.97. The first-order chi connectivity index (χ1) is 5.70. The summed E-state index contributed by atoms with van der Waals surface area (Å²) < 4.78 is 0. The molecule has 1 N–H and O–H groups in total. The fourth-order valence-corrected chi connectivity index (χ4v) is 1.22. The Morgan fingerprint density at radius 1 is 1.42 bits per heavy atom. The highest BCUT2D eigenvalue weighted by Gasteiger charge is 2.30. The molecule has 4 nitrogen and oxygen atoms in total. The molecule has 0 aromatic carbocycles. The molecule has 0 saturated carbocycles. The molecule has 0 aliphatic carbocycles. The standard InChI is InChI=1S/C8H6N2O2/c1-4-2-3-9-7-5(4)6(11)8(12)10-7/h2-3H,1H3,(H,9,10,11,12). The monoisotopic (exact) mass is 162 g/mol. The van der Waals surface area contributed by atoms with E-state index in [1.807, 2.05) is 0 Å². The number of pyridine rings is 1. The van der Waals surface area contributed by atoms with Crippen LogP contribution < -0.4 is 5.32 Å². The van der Waals surface area contributed by atoms with Crippen LogP contribution in [0, 0.1) is 6.92 Å². The number of carbonyl (C=O) groups is 2. The van der Waals surface area contributed by atoms with Gasteiger partial charge in [0.05, 0.1) is 5.56 Å². The van der Waals surface area contributed by atoms with Gasteiger partial charge in [0.15, 0.2) is 0 Å². The van der Waals surface area contributed by atoms with Crippen LogP contribution in [-0.2, 0) is 4.79 Å². The number of carbonyl (C=O) groups excluding carboxylic acids is 2. The number of hydrogen-bond acceptors (Lipinski definition) is 3. The van der Waals surface area contributed by atoms with Crippen LogP contribution in [0.2, 0.25) is 0 Å². The Morgan fingerprint density at radius 2 is 2.17 bits per heavy atom. The van der Waals surface area contributed by atoms with E-state index in [0.29, 0.717) is 11.4 Å². The van der Waals surface area contributed by atoms with Gasteiger partial charge in [0, 0.05) is 6.20 Å². The maximum Gasteiger partial charge on any atom is 0.298 e. The van der Waals surface area contributed by atoms with Crippen molar-refractivity contribution >= 4 is 17.5 Å². The summed E-state index contributed by atoms with van der Waals surface area (Å²) >= 11 is 0. The molecule has 0 radical (unpaired) electrons. The summed E-state index contributed by atoms with van der Waals surface area (Å²) in [5.41, 5.74) is 1.19. The molecule has 0 atom stereocenters. The lowest BCUT2D eigenvalue weighted by molar-refractivity contribution is -0.112. The quantitative estimate of drug-likeness (QED) is 0.566. The van der Waals surface area contributed by atoms with Crippen LogP contribution in [-0.4, -0.2) is 16.7 Å². The zero-order valence-corrected chi connectivity index (χ0v) is 6.42. The van der Waals surface area contributed by atoms with Gasteiger partial charge in [-0.3, -0.25) is 9.59 Å². The van der Waals surface area contributed by atoms with Crippen molar-refractivity contribution in [1.29, 1.82) is 0 Å². The lowest BCUT2D eigenvalue weighted by Gasteiger charge is -1.96. The zero-order valence-electron chi connectivity index (χ0n) is 6.42. The number of rotatable bonds is 0. The fraction of sp³-hybridized carbons (Fsp3) is 0.125. The van der Waals surface area contributed by atoms with Gasteiger partial charge in [-0.1, -0.05) is 0 Å². The van der Waals surface area contributed by atoms with Crippen molar-refractivity contribution in [3.8, 4) is 0 Å². The number of nitrogens with one attached hydrogen (secondary N) is 1. The fourth-order valence-electron chi connectivity index (χ4n) is 1.22. The van der Waals surface area contributed by atoms with Crippen LogP contribution in [0.25, 0.3) is 0 Å². The second-order valence-electron chi connectivity index (χ2n) is 2.63. The average Bonchev–Trinajstić information content (AvgIpc) is 2.29. The maximum absolute atomic E-state index is 11.2. The average molecular weight is 162 g/mol. The summed E-state index contributed by atoms with van der Waals surface area (Å²) in [5, 5.41) is 2.39. The molecule has 1 aromatic heterocycles. The molecule has 60 valence electrons. The van der Waals surface area contributed by atoms with Crippen LogP contribution >= 0.6 is 0 Å². The summed E-state index contributed by atoms with van der Waals surface area (Å²) in [4.78, 5) is 25.9. The second kappa shape index (κ2) is 2.14. The predicted molar refractivity (Wildman–Crippen MR) is 41.9 cm³/mol. The minimum atomic E-state index is -0.591. The molecular formula is C8H6N2O2. The first-order valence-electron chi connectivity index (χ1n) is 3.51. The highest BCUT2D eigenvalue weighted by Crippen LogP contribution is 2.22. The van der Waals surface area contributed by atoms with E-state index in [2.05, 4.69) is 10.3 Å². The van der Waals surface area contributed by atoms with Gasteiger partial charge < -0.3 is 5.32 Å². The van der Waals surface area contributed by atoms with Crippen molar-refractivity contribution in [1.82, 2.24) is 4.98 Å². The molecule has 0 unspecified atom stereocenters. The minimum Gasteiger partial charge on any atom is -0.303 e. The molecule has 0 fully saturated rings. The third-order valence-electron chi connectivity index (χ3n) is 1.82. The van der Waals surface area contributed by atoms with Crippen molar-refractivity contribution in [3.05, 3.63) is 23.4 Å². The van der Waals surface area contributed by atoms with Gasteiger partial charge in [-0.05, 0) is 18.6 Å². The Labute approximate surface area is 68.6 Å². The Morgan fingerprint density at radius 3 is 2.83 bits per heavy atom. The Hall–Kier alpha value is -1.71. The molecule has 1 aliphatic rings. The Balaban J connectivity index is 2.70. The van der Waals surface area contributed by atoms with Crippen molar-refractivity contribution in [2.75, 3.05) is 5.32 Å². The van der Waals surface area contributed by atoms with Gasteiger partial charge in [0.2, 0.25) is 0 Å². The van der Waals surface area contributed by atoms with Gasteiger partial charge in [-0.2, -0.15) is 0 Å². The molecule has 1 aromatic rings. The first-order valence-corrected chi connectivity index (χ1v) is 3.51. The summed E-state index contributed by atoms with van der Waals surface area (Å²) in [6.45, 7) is 1.78. The number of amides is 1. The molecule has 0 spiro atoms. The van der Waals surface area contributed by atoms with Crippen LogP contribution in [0.5, 0.6) is 0 Å². The molecule has 4 heteroatoms. The minimum absolute atomic E-state index is 0.380. The van der Waals surface area contributed by atoms with Crippen LogP contribution in [0.15, 0.2) is 12.3 Å². The predicted octanol–water partition coefficient (Wildman–Crippen LogP) is 0.525. The third kappa shape index (κ3) is 0.747.